The van der Waals surface area contributed by atoms with Crippen molar-refractivity contribution in [1.82, 2.24) is 4.57 Å². The summed E-state index contributed by atoms with van der Waals surface area (Å²) in [6, 6.07) is 0.932. The molecule has 0 fully saturated rings. The highest BCUT2D eigenvalue weighted by molar-refractivity contribution is 6.76. The zero-order chi connectivity index (χ0) is 15.6. The van der Waals surface area contributed by atoms with Crippen LogP contribution in [0.1, 0.15) is 15.9 Å². The smallest absolute Gasteiger partial charge is 0.361 e. The molecule has 0 aliphatic heterocycles. The van der Waals surface area contributed by atoms with E-state index in [1.54, 1.807) is 0 Å². The summed E-state index contributed by atoms with van der Waals surface area (Å²) in [6.07, 6.45) is -2.55. The summed E-state index contributed by atoms with van der Waals surface area (Å²) in [4.78, 5) is 11.1. The van der Waals surface area contributed by atoms with Gasteiger partial charge in [-0.2, -0.15) is 13.2 Å². The van der Waals surface area contributed by atoms with Crippen molar-refractivity contribution in [2.24, 2.45) is 0 Å². The molecule has 0 unspecified atom stereocenters. The second-order valence-electron chi connectivity index (χ2n) is 5.87. The third kappa shape index (κ3) is 5.13. The van der Waals surface area contributed by atoms with E-state index in [-0.39, 0.29) is 6.73 Å². The molecule has 0 aliphatic carbocycles. The Balaban J connectivity index is 2.71. The Hall–Kier alpha value is -1.08. The predicted octanol–water partition coefficient (Wildman–Crippen LogP) is 3.84. The Morgan fingerprint density at radius 3 is 2.35 bits per heavy atom. The Morgan fingerprint density at radius 1 is 1.35 bits per heavy atom. The summed E-state index contributed by atoms with van der Waals surface area (Å²) >= 11 is 0. The summed E-state index contributed by atoms with van der Waals surface area (Å²) in [6.45, 7) is 10.1. The molecule has 113 valence electrons. The summed E-state index contributed by atoms with van der Waals surface area (Å²) in [5, 5.41) is 0. The molecule has 0 saturated carbocycles. The lowest BCUT2D eigenvalue weighted by molar-refractivity contribution is -0.137. The monoisotopic (exact) mass is 306 g/mol. The minimum absolute atomic E-state index is 0.000833. The number of ketones is 1. The van der Waals surface area contributed by atoms with Crippen molar-refractivity contribution in [3.05, 3.63) is 30.4 Å². The second-order valence-corrected chi connectivity index (χ2v) is 11.5. The first-order valence-corrected chi connectivity index (χ1v) is 9.92. The molecule has 1 rings (SSSR count). The molecular formula is C13H19F3NO2Si. The number of alkyl halides is 3. The molecular weight excluding hydrogens is 287 g/mol. The summed E-state index contributed by atoms with van der Waals surface area (Å²) in [5.41, 5.74) is -1.39. The van der Waals surface area contributed by atoms with E-state index in [1.807, 2.05) is 0 Å². The van der Waals surface area contributed by atoms with Gasteiger partial charge in [0, 0.05) is 39.6 Å². The third-order valence-electron chi connectivity index (χ3n) is 2.72. The Bertz CT molecular complexity index is 475. The highest BCUT2D eigenvalue weighted by Gasteiger charge is 2.36. The van der Waals surface area contributed by atoms with Crippen molar-refractivity contribution in [2.45, 2.75) is 38.6 Å². The van der Waals surface area contributed by atoms with Crippen LogP contribution in [0.25, 0.3) is 0 Å². The fourth-order valence-corrected chi connectivity index (χ4v) is 2.34. The molecule has 1 heterocycles. The highest BCUT2D eigenvalue weighted by atomic mass is 28.3. The van der Waals surface area contributed by atoms with Gasteiger partial charge in [-0.15, -0.1) is 0 Å². The minimum Gasteiger partial charge on any atom is -0.361 e. The maximum absolute atomic E-state index is 12.7. The third-order valence-corrected chi connectivity index (χ3v) is 4.43. The molecule has 0 bridgehead atoms. The van der Waals surface area contributed by atoms with Crippen LogP contribution >= 0.6 is 0 Å². The normalized spacial score (nSPS) is 12.8. The van der Waals surface area contributed by atoms with E-state index in [2.05, 4.69) is 26.6 Å². The summed E-state index contributed by atoms with van der Waals surface area (Å²) < 4.78 is 44.8. The number of hydrogen-bond acceptors (Lipinski definition) is 2. The molecule has 1 radical (unpaired) electrons. The molecule has 0 N–H and O–H groups in total. The van der Waals surface area contributed by atoms with Gasteiger partial charge in [0.25, 0.3) is 0 Å². The largest absolute Gasteiger partial charge is 0.418 e. The molecule has 0 saturated heterocycles. The van der Waals surface area contributed by atoms with Crippen molar-refractivity contribution in [1.29, 1.82) is 0 Å². The van der Waals surface area contributed by atoms with Crippen LogP contribution in [0.4, 0.5) is 13.2 Å². The van der Waals surface area contributed by atoms with E-state index in [4.69, 9.17) is 4.74 Å². The molecule has 0 aromatic carbocycles. The first-order valence-electron chi connectivity index (χ1n) is 6.22. The maximum atomic E-state index is 12.7. The van der Waals surface area contributed by atoms with Gasteiger partial charge in [-0.3, -0.25) is 4.79 Å². The van der Waals surface area contributed by atoms with Gasteiger partial charge in [-0.25, -0.2) is 0 Å². The van der Waals surface area contributed by atoms with Crippen LogP contribution in [0.2, 0.25) is 25.7 Å². The first kappa shape index (κ1) is 17.0. The average molecular weight is 306 g/mol. The molecule has 1 aromatic heterocycles. The van der Waals surface area contributed by atoms with Gasteiger partial charge in [-0.1, -0.05) is 19.6 Å². The number of Topliss-reactive ketones (excluding diaryl/α,β-unsaturated/α-hetero) is 1. The van der Waals surface area contributed by atoms with Crippen LogP contribution < -0.4 is 0 Å². The number of rotatable bonds is 6. The van der Waals surface area contributed by atoms with E-state index < -0.39 is 31.2 Å². The van der Waals surface area contributed by atoms with Crippen molar-refractivity contribution in [3.8, 4) is 0 Å². The lowest BCUT2D eigenvalue weighted by Gasteiger charge is -2.15. The van der Waals surface area contributed by atoms with Crippen molar-refractivity contribution < 1.29 is 22.7 Å². The molecule has 3 nitrogen and oxygen atoms in total. The zero-order valence-electron chi connectivity index (χ0n) is 11.9. The van der Waals surface area contributed by atoms with Gasteiger partial charge in [-0.05, 0) is 6.04 Å². The van der Waals surface area contributed by atoms with Crippen LogP contribution in [0.15, 0.2) is 12.4 Å². The van der Waals surface area contributed by atoms with Crippen LogP contribution in [0.3, 0.4) is 0 Å². The number of hydrogen-bond donors (Lipinski definition) is 0. The van der Waals surface area contributed by atoms with E-state index in [9.17, 15) is 18.0 Å². The van der Waals surface area contributed by atoms with Gasteiger partial charge in [0.2, 0.25) is 0 Å². The predicted molar refractivity (Wildman–Crippen MR) is 73.2 cm³/mol. The number of halogens is 3. The Labute approximate surface area is 117 Å². The first-order chi connectivity index (χ1) is 9.00. The van der Waals surface area contributed by atoms with E-state index >= 15 is 0 Å². The van der Waals surface area contributed by atoms with Gasteiger partial charge in [0.15, 0.2) is 5.78 Å². The van der Waals surface area contributed by atoms with Crippen molar-refractivity contribution in [3.63, 3.8) is 0 Å². The SMILES string of the molecule is [CH2]C(=O)c1cn(COCC[Si](C)(C)C)cc1C(F)(F)F. The lowest BCUT2D eigenvalue weighted by atomic mass is 10.1. The molecule has 0 atom stereocenters. The van der Waals surface area contributed by atoms with Gasteiger partial charge >= 0.3 is 6.18 Å². The molecule has 20 heavy (non-hydrogen) atoms. The maximum Gasteiger partial charge on any atom is 0.418 e. The fraction of sp³-hybridized carbons (Fsp3) is 0.538. The van der Waals surface area contributed by atoms with Crippen LogP contribution in [0, 0.1) is 6.92 Å². The molecule has 0 spiro atoms. The standard InChI is InChI=1S/C13H19F3NO2Si/c1-10(18)11-7-17(8-12(11)13(14,15)16)9-19-5-6-20(2,3)4/h7-8H,1,5-6,9H2,2-4H3. The fourth-order valence-electron chi connectivity index (χ4n) is 1.58. The second kappa shape index (κ2) is 6.13. The molecule has 0 amide bonds. The highest BCUT2D eigenvalue weighted by Crippen LogP contribution is 2.32. The van der Waals surface area contributed by atoms with Gasteiger partial charge in [0.1, 0.15) is 6.73 Å². The van der Waals surface area contributed by atoms with Gasteiger partial charge in [0.05, 0.1) is 5.56 Å². The Kier molecular flexibility index (Phi) is 5.20. The Morgan fingerprint density at radius 2 is 1.95 bits per heavy atom. The number of carbonyl (C=O) groups is 1. The van der Waals surface area contributed by atoms with Crippen LogP contribution in [-0.4, -0.2) is 25.0 Å². The minimum atomic E-state index is -4.56. The van der Waals surface area contributed by atoms with E-state index in [0.717, 1.165) is 18.4 Å². The van der Waals surface area contributed by atoms with E-state index in [0.29, 0.717) is 6.61 Å². The van der Waals surface area contributed by atoms with Crippen LogP contribution in [0.5, 0.6) is 0 Å². The van der Waals surface area contributed by atoms with Crippen molar-refractivity contribution in [2.75, 3.05) is 6.61 Å². The number of ether oxygens (including phenoxy) is 1. The van der Waals surface area contributed by atoms with Crippen LogP contribution in [-0.2, 0) is 17.6 Å². The van der Waals surface area contributed by atoms with E-state index in [1.165, 1.54) is 4.57 Å². The quantitative estimate of drug-likeness (QED) is 0.454. The lowest BCUT2D eigenvalue weighted by Crippen LogP contribution is -2.21. The topological polar surface area (TPSA) is 31.2 Å². The van der Waals surface area contributed by atoms with Gasteiger partial charge < -0.3 is 9.30 Å². The molecule has 7 heteroatoms. The summed E-state index contributed by atoms with van der Waals surface area (Å²) in [5.74, 6) is -0.849. The molecule has 1 aromatic rings. The number of carbonyl (C=O) groups excluding carboxylic acids is 1. The van der Waals surface area contributed by atoms with Crippen molar-refractivity contribution >= 4 is 13.9 Å². The summed E-state index contributed by atoms with van der Waals surface area (Å²) in [7, 11) is -1.23. The number of aromatic nitrogens is 1. The average Bonchev–Trinajstić information content (AvgIpc) is 2.67. The molecule has 0 aliphatic rings. The zero-order valence-corrected chi connectivity index (χ0v) is 12.9. The number of nitrogens with zero attached hydrogens (tertiary/aromatic N) is 1.